The molecular weight excluding hydrogens is 280 g/mol. The van der Waals surface area contributed by atoms with E-state index >= 15 is 0 Å². The van der Waals surface area contributed by atoms with Crippen LogP contribution in [0.25, 0.3) is 0 Å². The molecule has 0 bridgehead atoms. The van der Waals surface area contributed by atoms with Crippen LogP contribution in [0.2, 0.25) is 0 Å². The predicted octanol–water partition coefficient (Wildman–Crippen LogP) is 2.81. The van der Waals surface area contributed by atoms with Gasteiger partial charge in [-0.2, -0.15) is 0 Å². The largest absolute Gasteiger partial charge is 0.378 e. The van der Waals surface area contributed by atoms with E-state index < -0.39 is 0 Å². The minimum atomic E-state index is -0.0953. The van der Waals surface area contributed by atoms with E-state index in [9.17, 15) is 4.79 Å². The van der Waals surface area contributed by atoms with Gasteiger partial charge in [-0.05, 0) is 19.8 Å². The first-order valence-electron chi connectivity index (χ1n) is 7.90. The summed E-state index contributed by atoms with van der Waals surface area (Å²) in [6.07, 6.45) is 5.39. The van der Waals surface area contributed by atoms with E-state index in [1.807, 2.05) is 11.8 Å². The lowest BCUT2D eigenvalue weighted by Crippen LogP contribution is -2.43. The first-order valence-corrected chi connectivity index (χ1v) is 7.90. The van der Waals surface area contributed by atoms with Crippen LogP contribution in [0.5, 0.6) is 0 Å². The van der Waals surface area contributed by atoms with E-state index in [-0.39, 0.29) is 17.6 Å². The third-order valence-corrected chi connectivity index (χ3v) is 3.71. The summed E-state index contributed by atoms with van der Waals surface area (Å²) in [6.45, 7) is 10.3. The Balaban J connectivity index is 1.87. The Kier molecular flexibility index (Phi) is 5.34. The van der Waals surface area contributed by atoms with Crippen LogP contribution in [-0.4, -0.2) is 46.7 Å². The summed E-state index contributed by atoms with van der Waals surface area (Å²) < 4.78 is 5.60. The Hall–Kier alpha value is -1.69. The summed E-state index contributed by atoms with van der Waals surface area (Å²) in [7, 11) is 0. The third kappa shape index (κ3) is 4.40. The molecule has 1 aromatic rings. The number of rotatable bonds is 3. The molecule has 2 heterocycles. The average Bonchev–Trinajstić information content (AvgIpc) is 2.48. The van der Waals surface area contributed by atoms with Gasteiger partial charge in [-0.15, -0.1) is 0 Å². The van der Waals surface area contributed by atoms with Crippen molar-refractivity contribution in [3.63, 3.8) is 0 Å². The van der Waals surface area contributed by atoms with Crippen molar-refractivity contribution < 1.29 is 9.53 Å². The van der Waals surface area contributed by atoms with Crippen molar-refractivity contribution in [3.8, 4) is 0 Å². The van der Waals surface area contributed by atoms with Crippen molar-refractivity contribution in [2.45, 2.75) is 52.1 Å². The quantitative estimate of drug-likeness (QED) is 0.932. The Morgan fingerprint density at radius 1 is 1.32 bits per heavy atom. The number of nitrogens with zero attached hydrogens (tertiary/aromatic N) is 3. The first kappa shape index (κ1) is 16.7. The molecule has 122 valence electrons. The van der Waals surface area contributed by atoms with Crippen molar-refractivity contribution in [1.29, 1.82) is 0 Å². The molecule has 1 aliphatic heterocycles. The van der Waals surface area contributed by atoms with Crippen LogP contribution in [0.4, 0.5) is 10.5 Å². The van der Waals surface area contributed by atoms with Gasteiger partial charge in [-0.3, -0.25) is 0 Å². The zero-order chi connectivity index (χ0) is 16.2. The summed E-state index contributed by atoms with van der Waals surface area (Å²) in [4.78, 5) is 22.7. The molecule has 2 rings (SSSR count). The molecule has 0 radical (unpaired) electrons. The Labute approximate surface area is 132 Å². The van der Waals surface area contributed by atoms with Crippen LogP contribution in [0.3, 0.4) is 0 Å². The smallest absolute Gasteiger partial charge is 0.321 e. The molecule has 2 amide bonds. The number of hydrogen-bond donors (Lipinski definition) is 1. The summed E-state index contributed by atoms with van der Waals surface area (Å²) in [5.41, 5.74) is 0.536. The SMILES string of the molecule is CCOC1CCN(C(=O)Nc2cnc(C(C)(C)C)nc2)CC1. The molecule has 22 heavy (non-hydrogen) atoms. The molecule has 1 aliphatic rings. The maximum atomic E-state index is 12.2. The Bertz CT molecular complexity index is 488. The highest BCUT2D eigenvalue weighted by Crippen LogP contribution is 2.19. The number of ether oxygens (including phenoxy) is 1. The fourth-order valence-corrected chi connectivity index (χ4v) is 2.44. The van der Waals surface area contributed by atoms with Gasteiger partial charge in [-0.1, -0.05) is 20.8 Å². The van der Waals surface area contributed by atoms with Gasteiger partial charge < -0.3 is 15.0 Å². The van der Waals surface area contributed by atoms with Crippen LogP contribution < -0.4 is 5.32 Å². The molecule has 0 atom stereocenters. The van der Waals surface area contributed by atoms with E-state index in [2.05, 4.69) is 36.1 Å². The minimum Gasteiger partial charge on any atom is -0.378 e. The lowest BCUT2D eigenvalue weighted by Gasteiger charge is -2.31. The molecule has 1 aromatic heterocycles. The topological polar surface area (TPSA) is 67.3 Å². The fourth-order valence-electron chi connectivity index (χ4n) is 2.44. The maximum Gasteiger partial charge on any atom is 0.321 e. The number of likely N-dealkylation sites (tertiary alicyclic amines) is 1. The van der Waals surface area contributed by atoms with Crippen LogP contribution in [0.1, 0.15) is 46.4 Å². The summed E-state index contributed by atoms with van der Waals surface area (Å²) in [6, 6.07) is -0.0953. The van der Waals surface area contributed by atoms with Crippen molar-refractivity contribution >= 4 is 11.7 Å². The molecule has 1 saturated heterocycles. The van der Waals surface area contributed by atoms with E-state index in [4.69, 9.17) is 4.74 Å². The second kappa shape index (κ2) is 7.05. The van der Waals surface area contributed by atoms with E-state index in [1.165, 1.54) is 0 Å². The highest BCUT2D eigenvalue weighted by Gasteiger charge is 2.23. The Morgan fingerprint density at radius 3 is 2.41 bits per heavy atom. The van der Waals surface area contributed by atoms with Gasteiger partial charge >= 0.3 is 6.03 Å². The van der Waals surface area contributed by atoms with Gasteiger partial charge in [0.05, 0.1) is 24.2 Å². The maximum absolute atomic E-state index is 12.2. The monoisotopic (exact) mass is 306 g/mol. The molecule has 0 aliphatic carbocycles. The van der Waals surface area contributed by atoms with Crippen molar-refractivity contribution in [1.82, 2.24) is 14.9 Å². The van der Waals surface area contributed by atoms with Crippen molar-refractivity contribution in [2.75, 3.05) is 25.0 Å². The highest BCUT2D eigenvalue weighted by molar-refractivity contribution is 5.89. The van der Waals surface area contributed by atoms with Gasteiger partial charge in [0, 0.05) is 25.1 Å². The summed E-state index contributed by atoms with van der Waals surface area (Å²) >= 11 is 0. The number of anilines is 1. The summed E-state index contributed by atoms with van der Waals surface area (Å²) in [5.74, 6) is 0.767. The minimum absolute atomic E-state index is 0.0936. The number of aromatic nitrogens is 2. The van der Waals surface area contributed by atoms with Gasteiger partial charge in [0.15, 0.2) is 0 Å². The van der Waals surface area contributed by atoms with Crippen molar-refractivity contribution in [2.24, 2.45) is 0 Å². The van der Waals surface area contributed by atoms with Crippen LogP contribution in [-0.2, 0) is 10.2 Å². The van der Waals surface area contributed by atoms with Gasteiger partial charge in [0.1, 0.15) is 5.82 Å². The standard InChI is InChI=1S/C16H26N4O2/c1-5-22-13-6-8-20(9-7-13)15(21)19-12-10-17-14(18-11-12)16(2,3)4/h10-11,13H,5-9H2,1-4H3,(H,19,21). The highest BCUT2D eigenvalue weighted by atomic mass is 16.5. The average molecular weight is 306 g/mol. The van der Waals surface area contributed by atoms with E-state index in [1.54, 1.807) is 12.4 Å². The fraction of sp³-hybridized carbons (Fsp3) is 0.688. The van der Waals surface area contributed by atoms with Gasteiger partial charge in [0.2, 0.25) is 0 Å². The third-order valence-electron chi connectivity index (χ3n) is 3.71. The molecule has 0 saturated carbocycles. The molecule has 6 nitrogen and oxygen atoms in total. The molecule has 0 aromatic carbocycles. The zero-order valence-electron chi connectivity index (χ0n) is 13.9. The molecule has 0 spiro atoms. The van der Waals surface area contributed by atoms with Gasteiger partial charge in [-0.25, -0.2) is 14.8 Å². The summed E-state index contributed by atoms with van der Waals surface area (Å²) in [5, 5.41) is 2.86. The number of piperidine rings is 1. The lowest BCUT2D eigenvalue weighted by atomic mass is 9.96. The van der Waals surface area contributed by atoms with Crippen LogP contribution >= 0.6 is 0 Å². The second-order valence-electron chi connectivity index (χ2n) is 6.62. The number of carbonyl (C=O) groups is 1. The predicted molar refractivity (Wildman–Crippen MR) is 86.0 cm³/mol. The molecule has 6 heteroatoms. The number of carbonyl (C=O) groups excluding carboxylic acids is 1. The van der Waals surface area contributed by atoms with Crippen LogP contribution in [0.15, 0.2) is 12.4 Å². The molecule has 1 fully saturated rings. The van der Waals surface area contributed by atoms with Crippen molar-refractivity contribution in [3.05, 3.63) is 18.2 Å². The first-order chi connectivity index (χ1) is 10.4. The Morgan fingerprint density at radius 2 is 1.91 bits per heavy atom. The van der Waals surface area contributed by atoms with E-state index in [0.29, 0.717) is 5.69 Å². The number of amides is 2. The lowest BCUT2D eigenvalue weighted by molar-refractivity contribution is 0.0232. The molecular formula is C16H26N4O2. The second-order valence-corrected chi connectivity index (χ2v) is 6.62. The number of nitrogens with one attached hydrogen (secondary N) is 1. The van der Waals surface area contributed by atoms with E-state index in [0.717, 1.165) is 38.4 Å². The zero-order valence-corrected chi connectivity index (χ0v) is 13.9. The normalized spacial score (nSPS) is 16.6. The number of hydrogen-bond acceptors (Lipinski definition) is 4. The molecule has 0 unspecified atom stereocenters. The number of urea groups is 1. The van der Waals surface area contributed by atoms with Crippen LogP contribution in [0, 0.1) is 0 Å². The molecule has 1 N–H and O–H groups in total. The van der Waals surface area contributed by atoms with Gasteiger partial charge in [0.25, 0.3) is 0 Å².